The Morgan fingerprint density at radius 1 is 1.33 bits per heavy atom. The second-order valence-corrected chi connectivity index (χ2v) is 5.91. The summed E-state index contributed by atoms with van der Waals surface area (Å²) in [6.07, 6.45) is 1.00. The fraction of sp³-hybridized carbons (Fsp3) is 0.500. The summed E-state index contributed by atoms with van der Waals surface area (Å²) in [7, 11) is 1.72. The topological polar surface area (TPSA) is 9.23 Å². The van der Waals surface area contributed by atoms with Crippen molar-refractivity contribution in [3.8, 4) is 5.75 Å². The lowest BCUT2D eigenvalue weighted by Gasteiger charge is -2.22. The van der Waals surface area contributed by atoms with Gasteiger partial charge in [-0.3, -0.25) is 0 Å². The van der Waals surface area contributed by atoms with Crippen LogP contribution in [0.1, 0.15) is 19.4 Å². The van der Waals surface area contributed by atoms with Crippen LogP contribution in [0, 0.1) is 5.41 Å². The van der Waals surface area contributed by atoms with Crippen molar-refractivity contribution in [1.82, 2.24) is 0 Å². The summed E-state index contributed by atoms with van der Waals surface area (Å²) in [5.74, 6) is 0.965. The molecule has 84 valence electrons. The van der Waals surface area contributed by atoms with Gasteiger partial charge in [0.05, 0.1) is 7.11 Å². The quantitative estimate of drug-likeness (QED) is 0.740. The van der Waals surface area contributed by atoms with E-state index in [4.69, 9.17) is 4.74 Å². The van der Waals surface area contributed by atoms with E-state index in [0.29, 0.717) is 0 Å². The van der Waals surface area contributed by atoms with Gasteiger partial charge in [0.15, 0.2) is 0 Å². The van der Waals surface area contributed by atoms with E-state index in [1.54, 1.807) is 7.11 Å². The lowest BCUT2D eigenvalue weighted by molar-refractivity contribution is 0.384. The fourth-order valence-electron chi connectivity index (χ4n) is 1.45. The van der Waals surface area contributed by atoms with Crippen LogP contribution >= 0.6 is 31.9 Å². The number of halogens is 2. The second kappa shape index (κ2) is 5.35. The van der Waals surface area contributed by atoms with Gasteiger partial charge in [-0.15, -0.1) is 0 Å². The van der Waals surface area contributed by atoms with E-state index in [2.05, 4.69) is 51.8 Å². The molecule has 0 aromatic heterocycles. The number of hydrogen-bond donors (Lipinski definition) is 0. The number of hydrogen-bond acceptors (Lipinski definition) is 1. The predicted octanol–water partition coefficient (Wildman–Crippen LogP) is 4.42. The Morgan fingerprint density at radius 2 is 2.00 bits per heavy atom. The Labute approximate surface area is 108 Å². The van der Waals surface area contributed by atoms with Crippen molar-refractivity contribution in [3.05, 3.63) is 28.2 Å². The molecule has 1 rings (SSSR count). The maximum absolute atomic E-state index is 5.35. The molecule has 0 aliphatic carbocycles. The summed E-state index contributed by atoms with van der Waals surface area (Å²) >= 11 is 7.03. The standard InChI is InChI=1S/C12H16Br2O/c1-12(2,8-13)7-9-6-10(14)4-5-11(9)15-3/h4-6H,7-8H2,1-3H3. The van der Waals surface area contributed by atoms with E-state index < -0.39 is 0 Å². The Morgan fingerprint density at radius 3 is 2.53 bits per heavy atom. The van der Waals surface area contributed by atoms with Crippen molar-refractivity contribution >= 4 is 31.9 Å². The van der Waals surface area contributed by atoms with Gasteiger partial charge in [0.25, 0.3) is 0 Å². The highest BCUT2D eigenvalue weighted by atomic mass is 79.9. The molecular weight excluding hydrogens is 320 g/mol. The molecule has 3 heteroatoms. The minimum atomic E-state index is 0.244. The van der Waals surface area contributed by atoms with E-state index in [9.17, 15) is 0 Å². The molecule has 0 fully saturated rings. The number of methoxy groups -OCH3 is 1. The first-order valence-corrected chi connectivity index (χ1v) is 6.78. The van der Waals surface area contributed by atoms with Crippen LogP contribution in [0.15, 0.2) is 22.7 Å². The molecule has 1 nitrogen and oxygen atoms in total. The number of benzene rings is 1. The molecule has 15 heavy (non-hydrogen) atoms. The molecule has 1 aromatic rings. The lowest BCUT2D eigenvalue weighted by Crippen LogP contribution is -2.17. The lowest BCUT2D eigenvalue weighted by atomic mass is 9.88. The van der Waals surface area contributed by atoms with Crippen LogP contribution < -0.4 is 4.74 Å². The van der Waals surface area contributed by atoms with Gasteiger partial charge in [-0.05, 0) is 35.6 Å². The van der Waals surface area contributed by atoms with E-state index in [1.165, 1.54) is 5.56 Å². The third kappa shape index (κ3) is 3.80. The van der Waals surface area contributed by atoms with Gasteiger partial charge in [-0.25, -0.2) is 0 Å². The van der Waals surface area contributed by atoms with Gasteiger partial charge in [0.2, 0.25) is 0 Å². The summed E-state index contributed by atoms with van der Waals surface area (Å²) in [5.41, 5.74) is 1.49. The van der Waals surface area contributed by atoms with Crippen molar-refractivity contribution in [3.63, 3.8) is 0 Å². The van der Waals surface area contributed by atoms with E-state index in [0.717, 1.165) is 22.0 Å². The van der Waals surface area contributed by atoms with Crippen LogP contribution in [-0.2, 0) is 6.42 Å². The van der Waals surface area contributed by atoms with Crippen LogP contribution in [0.3, 0.4) is 0 Å². The van der Waals surface area contributed by atoms with Gasteiger partial charge in [0.1, 0.15) is 5.75 Å². The van der Waals surface area contributed by atoms with Gasteiger partial charge < -0.3 is 4.74 Å². The third-order valence-corrected chi connectivity index (χ3v) is 4.28. The molecule has 0 unspecified atom stereocenters. The molecule has 0 amide bonds. The van der Waals surface area contributed by atoms with Gasteiger partial charge in [-0.1, -0.05) is 45.7 Å². The van der Waals surface area contributed by atoms with Crippen molar-refractivity contribution in [2.45, 2.75) is 20.3 Å². The SMILES string of the molecule is COc1ccc(Br)cc1CC(C)(C)CBr. The van der Waals surface area contributed by atoms with Crippen molar-refractivity contribution in [2.24, 2.45) is 5.41 Å². The van der Waals surface area contributed by atoms with Crippen molar-refractivity contribution < 1.29 is 4.74 Å². The number of ether oxygens (including phenoxy) is 1. The van der Waals surface area contributed by atoms with Gasteiger partial charge in [0, 0.05) is 9.80 Å². The highest BCUT2D eigenvalue weighted by Crippen LogP contribution is 2.31. The molecular formula is C12H16Br2O. The highest BCUT2D eigenvalue weighted by molar-refractivity contribution is 9.10. The average molecular weight is 336 g/mol. The Bertz CT molecular complexity index is 334. The Balaban J connectivity index is 2.97. The molecule has 1 aromatic carbocycles. The first-order valence-electron chi connectivity index (χ1n) is 4.87. The zero-order valence-corrected chi connectivity index (χ0v) is 12.5. The van der Waals surface area contributed by atoms with Crippen LogP contribution in [0.4, 0.5) is 0 Å². The summed E-state index contributed by atoms with van der Waals surface area (Å²) in [6.45, 7) is 4.48. The van der Waals surface area contributed by atoms with Gasteiger partial charge in [-0.2, -0.15) is 0 Å². The maximum Gasteiger partial charge on any atom is 0.122 e. The molecule has 0 radical (unpaired) electrons. The molecule has 0 saturated heterocycles. The first-order chi connectivity index (χ1) is 6.98. The number of alkyl halides is 1. The maximum atomic E-state index is 5.35. The summed E-state index contributed by atoms with van der Waals surface area (Å²) in [6, 6.07) is 6.14. The summed E-state index contributed by atoms with van der Waals surface area (Å²) in [4.78, 5) is 0. The van der Waals surface area contributed by atoms with Crippen molar-refractivity contribution in [1.29, 1.82) is 0 Å². The van der Waals surface area contributed by atoms with Crippen LogP contribution in [-0.4, -0.2) is 12.4 Å². The van der Waals surface area contributed by atoms with E-state index in [-0.39, 0.29) is 5.41 Å². The Kier molecular flexibility index (Phi) is 4.65. The smallest absolute Gasteiger partial charge is 0.122 e. The second-order valence-electron chi connectivity index (χ2n) is 4.43. The molecule has 0 bridgehead atoms. The summed E-state index contributed by atoms with van der Waals surface area (Å²) in [5, 5.41) is 0.982. The van der Waals surface area contributed by atoms with Crippen LogP contribution in [0.2, 0.25) is 0 Å². The molecule has 0 spiro atoms. The molecule has 0 N–H and O–H groups in total. The third-order valence-electron chi connectivity index (χ3n) is 2.27. The van der Waals surface area contributed by atoms with Gasteiger partial charge >= 0.3 is 0 Å². The average Bonchev–Trinajstić information content (AvgIpc) is 2.18. The summed E-state index contributed by atoms with van der Waals surface area (Å²) < 4.78 is 6.46. The molecule has 0 atom stereocenters. The van der Waals surface area contributed by atoms with E-state index >= 15 is 0 Å². The fourth-order valence-corrected chi connectivity index (χ4v) is 2.05. The molecule has 0 aliphatic rings. The monoisotopic (exact) mass is 334 g/mol. The Hall–Kier alpha value is -0.0200. The number of rotatable bonds is 4. The van der Waals surface area contributed by atoms with Crippen LogP contribution in [0.25, 0.3) is 0 Å². The van der Waals surface area contributed by atoms with Crippen molar-refractivity contribution in [2.75, 3.05) is 12.4 Å². The normalized spacial score (nSPS) is 11.5. The van der Waals surface area contributed by atoms with E-state index in [1.807, 2.05) is 12.1 Å². The largest absolute Gasteiger partial charge is 0.496 e. The molecule has 0 aliphatic heterocycles. The highest BCUT2D eigenvalue weighted by Gasteiger charge is 2.19. The predicted molar refractivity (Wildman–Crippen MR) is 72.0 cm³/mol. The molecule has 0 heterocycles. The first kappa shape index (κ1) is 13.0. The minimum Gasteiger partial charge on any atom is -0.496 e. The minimum absolute atomic E-state index is 0.244. The van der Waals surface area contributed by atoms with Crippen LogP contribution in [0.5, 0.6) is 5.75 Å². The zero-order chi connectivity index (χ0) is 11.5. The molecule has 0 saturated carbocycles. The zero-order valence-electron chi connectivity index (χ0n) is 9.31.